The van der Waals surface area contributed by atoms with E-state index in [4.69, 9.17) is 15.6 Å². The molecule has 0 amide bonds. The molecule has 1 heterocycles. The molecule has 1 rings (SSSR count). The fourth-order valence-electron chi connectivity index (χ4n) is 1.00. The van der Waals surface area contributed by atoms with E-state index >= 15 is 0 Å². The van der Waals surface area contributed by atoms with Gasteiger partial charge in [0.15, 0.2) is 6.10 Å². The molecular formula is C6H11NO3. The van der Waals surface area contributed by atoms with Crippen LogP contribution in [-0.2, 0) is 9.53 Å². The molecule has 0 unspecified atom stereocenters. The normalized spacial score (nSPS) is 41.1. The van der Waals surface area contributed by atoms with Gasteiger partial charge in [-0.25, -0.2) is 4.79 Å². The van der Waals surface area contributed by atoms with Crippen molar-refractivity contribution in [2.24, 2.45) is 5.73 Å². The fraction of sp³-hybridized carbons (Fsp3) is 0.833. The molecule has 0 radical (unpaired) electrons. The Balaban J connectivity index is 2.57. The van der Waals surface area contributed by atoms with Gasteiger partial charge in [0.05, 0.1) is 0 Å². The summed E-state index contributed by atoms with van der Waals surface area (Å²) in [6.07, 6.45) is -0.755. The van der Waals surface area contributed by atoms with Gasteiger partial charge in [-0.3, -0.25) is 0 Å². The van der Waals surface area contributed by atoms with E-state index in [0.717, 1.165) is 0 Å². The largest absolute Gasteiger partial charge is 0.461 e. The van der Waals surface area contributed by atoms with Crippen molar-refractivity contribution < 1.29 is 14.6 Å². The number of hydrogen-bond donors (Lipinski definition) is 2. The maximum absolute atomic E-state index is 10.7. The number of carbonyl (C=O) groups is 1. The van der Waals surface area contributed by atoms with Crippen molar-refractivity contribution in [2.45, 2.75) is 31.6 Å². The zero-order valence-electron chi connectivity index (χ0n) is 5.78. The van der Waals surface area contributed by atoms with E-state index in [0.29, 0.717) is 6.42 Å². The number of rotatable bonds is 0. The van der Waals surface area contributed by atoms with Crippen LogP contribution in [0.15, 0.2) is 0 Å². The van der Waals surface area contributed by atoms with Crippen LogP contribution in [0.3, 0.4) is 0 Å². The molecule has 1 aliphatic heterocycles. The molecule has 4 nitrogen and oxygen atoms in total. The minimum Gasteiger partial charge on any atom is -0.461 e. The molecule has 3 N–H and O–H groups in total. The first kappa shape index (κ1) is 7.50. The van der Waals surface area contributed by atoms with Crippen LogP contribution in [-0.4, -0.2) is 29.3 Å². The van der Waals surface area contributed by atoms with Crippen LogP contribution < -0.4 is 5.73 Å². The van der Waals surface area contributed by atoms with Gasteiger partial charge in [0.25, 0.3) is 0 Å². The lowest BCUT2D eigenvalue weighted by atomic mass is 10.0. The Labute approximate surface area is 59.0 Å². The highest BCUT2D eigenvalue weighted by Crippen LogP contribution is 2.12. The maximum Gasteiger partial charge on any atom is 0.336 e. The molecule has 4 heteroatoms. The number of aliphatic hydroxyl groups is 1. The third-order valence-corrected chi connectivity index (χ3v) is 1.57. The summed E-state index contributed by atoms with van der Waals surface area (Å²) in [5.74, 6) is -0.605. The van der Waals surface area contributed by atoms with Gasteiger partial charge in [-0.2, -0.15) is 0 Å². The average Bonchev–Trinajstić information content (AvgIpc) is 1.82. The van der Waals surface area contributed by atoms with Crippen LogP contribution in [0.4, 0.5) is 0 Å². The van der Waals surface area contributed by atoms with Gasteiger partial charge in [-0.1, -0.05) is 0 Å². The zero-order chi connectivity index (χ0) is 7.72. The second kappa shape index (κ2) is 2.56. The van der Waals surface area contributed by atoms with Gasteiger partial charge in [-0.05, 0) is 6.92 Å². The van der Waals surface area contributed by atoms with Crippen LogP contribution in [0.2, 0.25) is 0 Å². The van der Waals surface area contributed by atoms with Crippen molar-refractivity contribution in [1.29, 1.82) is 0 Å². The van der Waals surface area contributed by atoms with Gasteiger partial charge < -0.3 is 15.6 Å². The molecule has 0 bridgehead atoms. The van der Waals surface area contributed by atoms with Crippen molar-refractivity contribution in [3.63, 3.8) is 0 Å². The number of carbonyl (C=O) groups excluding carboxylic acids is 1. The van der Waals surface area contributed by atoms with Crippen molar-refractivity contribution in [3.8, 4) is 0 Å². The minimum atomic E-state index is -1.13. The number of hydrogen-bond acceptors (Lipinski definition) is 4. The molecule has 58 valence electrons. The Morgan fingerprint density at radius 3 is 2.90 bits per heavy atom. The van der Waals surface area contributed by atoms with Gasteiger partial charge in [0, 0.05) is 12.5 Å². The van der Waals surface area contributed by atoms with Crippen LogP contribution >= 0.6 is 0 Å². The third kappa shape index (κ3) is 1.27. The van der Waals surface area contributed by atoms with Gasteiger partial charge in [-0.15, -0.1) is 0 Å². The Kier molecular flexibility index (Phi) is 1.92. The van der Waals surface area contributed by atoms with Crippen molar-refractivity contribution in [2.75, 3.05) is 0 Å². The lowest BCUT2D eigenvalue weighted by molar-refractivity contribution is -0.166. The van der Waals surface area contributed by atoms with Crippen molar-refractivity contribution in [3.05, 3.63) is 0 Å². The van der Waals surface area contributed by atoms with E-state index in [1.807, 2.05) is 0 Å². The molecule has 0 spiro atoms. The smallest absolute Gasteiger partial charge is 0.336 e. The molecular weight excluding hydrogens is 134 g/mol. The second-order valence-corrected chi connectivity index (χ2v) is 2.59. The number of ether oxygens (including phenoxy) is 1. The van der Waals surface area contributed by atoms with E-state index in [1.165, 1.54) is 0 Å². The summed E-state index contributed by atoms with van der Waals surface area (Å²) in [5.41, 5.74) is 5.41. The van der Waals surface area contributed by atoms with E-state index in [1.54, 1.807) is 6.92 Å². The van der Waals surface area contributed by atoms with Crippen LogP contribution in [0.25, 0.3) is 0 Å². The topological polar surface area (TPSA) is 72.5 Å². The maximum atomic E-state index is 10.7. The lowest BCUT2D eigenvalue weighted by Gasteiger charge is -2.27. The number of cyclic esters (lactones) is 1. The molecule has 1 saturated heterocycles. The molecule has 1 aliphatic rings. The quantitative estimate of drug-likeness (QED) is 0.429. The van der Waals surface area contributed by atoms with Gasteiger partial charge >= 0.3 is 5.97 Å². The minimum absolute atomic E-state index is 0.161. The zero-order valence-corrected chi connectivity index (χ0v) is 5.78. The first-order valence-electron chi connectivity index (χ1n) is 3.25. The highest BCUT2D eigenvalue weighted by atomic mass is 16.6. The second-order valence-electron chi connectivity index (χ2n) is 2.59. The molecule has 0 aliphatic carbocycles. The van der Waals surface area contributed by atoms with E-state index in [9.17, 15) is 4.79 Å². The molecule has 3 atom stereocenters. The molecule has 0 saturated carbocycles. The Morgan fingerprint density at radius 2 is 2.40 bits per heavy atom. The van der Waals surface area contributed by atoms with Crippen molar-refractivity contribution >= 4 is 5.97 Å². The summed E-state index contributed by atoms with van der Waals surface area (Å²) in [4.78, 5) is 10.7. The molecule has 1 fully saturated rings. The van der Waals surface area contributed by atoms with Gasteiger partial charge in [0.2, 0.25) is 0 Å². The Hall–Kier alpha value is -0.610. The molecule has 0 aromatic heterocycles. The monoisotopic (exact) mass is 145 g/mol. The lowest BCUT2D eigenvalue weighted by Crippen LogP contribution is -2.49. The number of aliphatic hydroxyl groups excluding tert-OH is 1. The van der Waals surface area contributed by atoms with E-state index in [-0.39, 0.29) is 6.10 Å². The van der Waals surface area contributed by atoms with E-state index < -0.39 is 18.1 Å². The summed E-state index contributed by atoms with van der Waals surface area (Å²) in [5, 5.41) is 8.96. The highest BCUT2D eigenvalue weighted by Gasteiger charge is 2.32. The van der Waals surface area contributed by atoms with Gasteiger partial charge in [0.1, 0.15) is 6.10 Å². The number of nitrogens with two attached hydrogens (primary N) is 1. The average molecular weight is 145 g/mol. The summed E-state index contributed by atoms with van der Waals surface area (Å²) in [6.45, 7) is 1.75. The Bertz CT molecular complexity index is 148. The standard InChI is InChI=1S/C6H11NO3/c1-3-2-4(7)5(8)6(9)10-3/h3-5,8H,2,7H2,1H3/t3-,4+,5-/m0/s1. The van der Waals surface area contributed by atoms with Crippen LogP contribution in [0.5, 0.6) is 0 Å². The van der Waals surface area contributed by atoms with Crippen LogP contribution in [0, 0.1) is 0 Å². The van der Waals surface area contributed by atoms with Crippen LogP contribution in [0.1, 0.15) is 13.3 Å². The summed E-state index contributed by atoms with van der Waals surface area (Å²) in [6, 6.07) is -0.462. The molecule has 0 aromatic carbocycles. The van der Waals surface area contributed by atoms with E-state index in [2.05, 4.69) is 0 Å². The summed E-state index contributed by atoms with van der Waals surface area (Å²) < 4.78 is 4.70. The Morgan fingerprint density at radius 1 is 1.80 bits per heavy atom. The molecule has 0 aromatic rings. The predicted molar refractivity (Wildman–Crippen MR) is 34.2 cm³/mol. The number of esters is 1. The first-order chi connectivity index (χ1) is 4.61. The fourth-order valence-corrected chi connectivity index (χ4v) is 1.00. The molecule has 10 heavy (non-hydrogen) atoms. The SMILES string of the molecule is C[C@H]1C[C@@H](N)[C@H](O)C(=O)O1. The predicted octanol–water partition coefficient (Wildman–Crippen LogP) is -0.990. The third-order valence-electron chi connectivity index (χ3n) is 1.57. The highest BCUT2D eigenvalue weighted by molar-refractivity contribution is 5.76. The first-order valence-corrected chi connectivity index (χ1v) is 3.25. The van der Waals surface area contributed by atoms with Crippen molar-refractivity contribution in [1.82, 2.24) is 0 Å². The summed E-state index contributed by atoms with van der Waals surface area (Å²) >= 11 is 0. The summed E-state index contributed by atoms with van der Waals surface area (Å²) in [7, 11) is 0.